The van der Waals surface area contributed by atoms with Crippen LogP contribution in [-0.4, -0.2) is 24.0 Å². The summed E-state index contributed by atoms with van der Waals surface area (Å²) in [7, 11) is 0. The summed E-state index contributed by atoms with van der Waals surface area (Å²) in [6.07, 6.45) is 5.62. The fraction of sp³-hybridized carbons (Fsp3) is 0.333. The first-order chi connectivity index (χ1) is 9.33. The predicted molar refractivity (Wildman–Crippen MR) is 76.0 cm³/mol. The first kappa shape index (κ1) is 12.1. The number of benzene rings is 1. The second kappa shape index (κ2) is 5.36. The predicted octanol–water partition coefficient (Wildman–Crippen LogP) is 2.17. The molecule has 1 unspecified atom stereocenters. The molecule has 1 aromatic heterocycles. The van der Waals surface area contributed by atoms with Gasteiger partial charge in [0.05, 0.1) is 5.92 Å². The number of amides is 1. The molecule has 0 spiro atoms. The van der Waals surface area contributed by atoms with Crippen LogP contribution in [-0.2, 0) is 4.79 Å². The zero-order valence-corrected chi connectivity index (χ0v) is 10.7. The van der Waals surface area contributed by atoms with Gasteiger partial charge in [-0.05, 0) is 43.0 Å². The molecule has 2 heterocycles. The van der Waals surface area contributed by atoms with E-state index in [1.54, 1.807) is 6.20 Å². The molecular formula is C15H17N3O. The molecule has 1 aliphatic heterocycles. The Morgan fingerprint density at radius 1 is 1.32 bits per heavy atom. The molecule has 98 valence electrons. The van der Waals surface area contributed by atoms with Crippen molar-refractivity contribution in [1.29, 1.82) is 0 Å². The summed E-state index contributed by atoms with van der Waals surface area (Å²) in [5.41, 5.74) is 0.844. The van der Waals surface area contributed by atoms with E-state index in [0.717, 1.165) is 42.4 Å². The maximum atomic E-state index is 12.1. The molecule has 2 aromatic rings. The van der Waals surface area contributed by atoms with Crippen LogP contribution >= 0.6 is 0 Å². The topological polar surface area (TPSA) is 54.0 Å². The van der Waals surface area contributed by atoms with Crippen LogP contribution < -0.4 is 10.6 Å². The van der Waals surface area contributed by atoms with Crippen molar-refractivity contribution in [3.05, 3.63) is 36.7 Å². The van der Waals surface area contributed by atoms with Gasteiger partial charge in [0.25, 0.3) is 0 Å². The number of aromatic nitrogens is 1. The number of anilines is 1. The average Bonchev–Trinajstić information content (AvgIpc) is 2.48. The molecule has 1 saturated heterocycles. The maximum Gasteiger partial charge on any atom is 0.228 e. The van der Waals surface area contributed by atoms with Gasteiger partial charge in [0.15, 0.2) is 0 Å². The van der Waals surface area contributed by atoms with Crippen LogP contribution in [0.1, 0.15) is 12.8 Å². The fourth-order valence-electron chi connectivity index (χ4n) is 2.48. The molecule has 1 amide bonds. The van der Waals surface area contributed by atoms with Gasteiger partial charge in [0, 0.05) is 30.0 Å². The van der Waals surface area contributed by atoms with Crippen molar-refractivity contribution in [3.8, 4) is 0 Å². The van der Waals surface area contributed by atoms with E-state index in [1.165, 1.54) is 0 Å². The lowest BCUT2D eigenvalue weighted by Gasteiger charge is -2.21. The Hall–Kier alpha value is -1.94. The van der Waals surface area contributed by atoms with Crippen molar-refractivity contribution in [2.45, 2.75) is 12.8 Å². The Labute approximate surface area is 112 Å². The van der Waals surface area contributed by atoms with Crippen LogP contribution in [0.2, 0.25) is 0 Å². The van der Waals surface area contributed by atoms with Crippen molar-refractivity contribution < 1.29 is 4.79 Å². The van der Waals surface area contributed by atoms with Crippen LogP contribution in [0.4, 0.5) is 5.69 Å². The molecule has 3 rings (SSSR count). The second-order valence-corrected chi connectivity index (χ2v) is 4.97. The van der Waals surface area contributed by atoms with Crippen molar-refractivity contribution in [3.63, 3.8) is 0 Å². The number of carbonyl (C=O) groups is 1. The van der Waals surface area contributed by atoms with Gasteiger partial charge >= 0.3 is 0 Å². The zero-order chi connectivity index (χ0) is 13.1. The first-order valence-corrected chi connectivity index (χ1v) is 6.68. The smallest absolute Gasteiger partial charge is 0.228 e. The van der Waals surface area contributed by atoms with E-state index in [0.29, 0.717) is 0 Å². The van der Waals surface area contributed by atoms with Crippen molar-refractivity contribution in [1.82, 2.24) is 10.3 Å². The van der Waals surface area contributed by atoms with Gasteiger partial charge in [-0.2, -0.15) is 0 Å². The van der Waals surface area contributed by atoms with E-state index < -0.39 is 0 Å². The van der Waals surface area contributed by atoms with E-state index >= 15 is 0 Å². The number of piperidine rings is 1. The van der Waals surface area contributed by atoms with Gasteiger partial charge < -0.3 is 10.6 Å². The summed E-state index contributed by atoms with van der Waals surface area (Å²) in [4.78, 5) is 16.2. The highest BCUT2D eigenvalue weighted by molar-refractivity contribution is 5.95. The number of carbonyl (C=O) groups excluding carboxylic acids is 1. The molecule has 1 aromatic carbocycles. The van der Waals surface area contributed by atoms with Crippen LogP contribution in [0.5, 0.6) is 0 Å². The van der Waals surface area contributed by atoms with E-state index in [1.807, 2.05) is 30.5 Å². The number of nitrogens with zero attached hydrogens (tertiary/aromatic N) is 1. The number of hydrogen-bond acceptors (Lipinski definition) is 3. The lowest BCUT2D eigenvalue weighted by molar-refractivity contribution is -0.120. The summed E-state index contributed by atoms with van der Waals surface area (Å²) in [5.74, 6) is 0.189. The molecule has 1 aliphatic rings. The van der Waals surface area contributed by atoms with Crippen LogP contribution in [0.3, 0.4) is 0 Å². The highest BCUT2D eigenvalue weighted by Gasteiger charge is 2.20. The van der Waals surface area contributed by atoms with E-state index in [9.17, 15) is 4.79 Å². The number of fused-ring (bicyclic) bond motifs is 1. The minimum Gasteiger partial charge on any atom is -0.326 e. The summed E-state index contributed by atoms with van der Waals surface area (Å²) in [5, 5.41) is 8.43. The average molecular weight is 255 g/mol. The largest absolute Gasteiger partial charge is 0.326 e. The van der Waals surface area contributed by atoms with E-state index in [4.69, 9.17) is 0 Å². The number of hydrogen-bond donors (Lipinski definition) is 2. The van der Waals surface area contributed by atoms with Crippen LogP contribution in [0.15, 0.2) is 36.7 Å². The quantitative estimate of drug-likeness (QED) is 0.864. The van der Waals surface area contributed by atoms with Crippen molar-refractivity contribution in [2.75, 3.05) is 18.4 Å². The van der Waals surface area contributed by atoms with E-state index in [-0.39, 0.29) is 11.8 Å². The monoisotopic (exact) mass is 255 g/mol. The highest BCUT2D eigenvalue weighted by Crippen LogP contribution is 2.19. The summed E-state index contributed by atoms with van der Waals surface area (Å²) < 4.78 is 0. The Morgan fingerprint density at radius 3 is 3.11 bits per heavy atom. The van der Waals surface area contributed by atoms with Crippen molar-refractivity contribution >= 4 is 22.4 Å². The van der Waals surface area contributed by atoms with Crippen molar-refractivity contribution in [2.24, 2.45) is 5.92 Å². The maximum absolute atomic E-state index is 12.1. The summed E-state index contributed by atoms with van der Waals surface area (Å²) in [6, 6.07) is 7.88. The molecule has 19 heavy (non-hydrogen) atoms. The van der Waals surface area contributed by atoms with Gasteiger partial charge in [-0.1, -0.05) is 6.07 Å². The van der Waals surface area contributed by atoms with Gasteiger partial charge in [-0.25, -0.2) is 0 Å². The third-order valence-corrected chi connectivity index (χ3v) is 3.58. The highest BCUT2D eigenvalue weighted by atomic mass is 16.1. The molecule has 0 radical (unpaired) electrons. The Kier molecular flexibility index (Phi) is 3.42. The minimum atomic E-state index is 0.0818. The molecule has 0 aliphatic carbocycles. The minimum absolute atomic E-state index is 0.0818. The number of pyridine rings is 1. The number of nitrogens with one attached hydrogen (secondary N) is 2. The molecular weight excluding hydrogens is 238 g/mol. The Morgan fingerprint density at radius 2 is 2.26 bits per heavy atom. The standard InChI is InChI=1S/C15H17N3O/c19-15(12-2-1-6-16-9-12)18-14-4-3-11-5-7-17-10-13(11)8-14/h3-5,7-8,10,12,16H,1-2,6,9H2,(H,18,19). The van der Waals surface area contributed by atoms with Gasteiger partial charge in [-0.3, -0.25) is 9.78 Å². The lowest BCUT2D eigenvalue weighted by atomic mass is 9.98. The molecule has 4 heteroatoms. The molecule has 4 nitrogen and oxygen atoms in total. The van der Waals surface area contributed by atoms with Crippen LogP contribution in [0, 0.1) is 5.92 Å². The van der Waals surface area contributed by atoms with Gasteiger partial charge in [-0.15, -0.1) is 0 Å². The zero-order valence-electron chi connectivity index (χ0n) is 10.7. The summed E-state index contributed by atoms with van der Waals surface area (Å²) in [6.45, 7) is 1.80. The second-order valence-electron chi connectivity index (χ2n) is 4.97. The lowest BCUT2D eigenvalue weighted by Crippen LogP contribution is -2.37. The molecule has 1 atom stereocenters. The molecule has 0 saturated carbocycles. The van der Waals surface area contributed by atoms with Gasteiger partial charge in [0.2, 0.25) is 5.91 Å². The Balaban J connectivity index is 1.75. The van der Waals surface area contributed by atoms with Gasteiger partial charge in [0.1, 0.15) is 0 Å². The molecule has 2 N–H and O–H groups in total. The first-order valence-electron chi connectivity index (χ1n) is 6.68. The van der Waals surface area contributed by atoms with E-state index in [2.05, 4.69) is 15.6 Å². The third kappa shape index (κ3) is 2.74. The summed E-state index contributed by atoms with van der Waals surface area (Å²) >= 11 is 0. The number of rotatable bonds is 2. The third-order valence-electron chi connectivity index (χ3n) is 3.58. The normalized spacial score (nSPS) is 19.3. The Bertz CT molecular complexity index is 591. The SMILES string of the molecule is O=C(Nc1ccc2ccncc2c1)C1CCCNC1. The molecule has 1 fully saturated rings. The molecule has 0 bridgehead atoms. The van der Waals surface area contributed by atoms with Crippen LogP contribution in [0.25, 0.3) is 10.8 Å². The fourth-order valence-corrected chi connectivity index (χ4v) is 2.48.